The second-order valence-corrected chi connectivity index (χ2v) is 7.13. The van der Waals surface area contributed by atoms with E-state index >= 15 is 0 Å². The summed E-state index contributed by atoms with van der Waals surface area (Å²) >= 11 is 1.65. The van der Waals surface area contributed by atoms with Crippen molar-refractivity contribution >= 4 is 11.8 Å². The van der Waals surface area contributed by atoms with Crippen LogP contribution >= 0.6 is 11.8 Å². The molecule has 0 atom stereocenters. The van der Waals surface area contributed by atoms with Crippen LogP contribution in [0.1, 0.15) is 49.7 Å². The molecule has 128 valence electrons. The minimum absolute atomic E-state index is 0.110. The van der Waals surface area contributed by atoms with E-state index in [0.717, 1.165) is 47.6 Å². The van der Waals surface area contributed by atoms with Crippen LogP contribution in [0.4, 0.5) is 8.78 Å². The Bertz CT molecular complexity index is 681. The smallest absolute Gasteiger partial charge is 0.191 e. The highest BCUT2D eigenvalue weighted by Gasteiger charge is 2.26. The molecule has 0 spiro atoms. The Morgan fingerprint density at radius 2 is 2.00 bits per heavy atom. The summed E-state index contributed by atoms with van der Waals surface area (Å²) < 4.78 is 33.8. The van der Waals surface area contributed by atoms with Gasteiger partial charge in [0.25, 0.3) is 0 Å². The molecule has 2 aromatic rings. The van der Waals surface area contributed by atoms with E-state index in [-0.39, 0.29) is 12.4 Å². The highest BCUT2D eigenvalue weighted by Crippen LogP contribution is 2.42. The average Bonchev–Trinajstić information content (AvgIpc) is 3.40. The number of aromatic nitrogens is 1. The van der Waals surface area contributed by atoms with Crippen molar-refractivity contribution < 1.29 is 13.5 Å². The lowest BCUT2D eigenvalue weighted by atomic mass is 10.1. The first-order valence-corrected chi connectivity index (χ1v) is 9.36. The van der Waals surface area contributed by atoms with E-state index in [9.17, 15) is 8.78 Å². The van der Waals surface area contributed by atoms with Crippen molar-refractivity contribution in [2.45, 2.75) is 50.2 Å². The van der Waals surface area contributed by atoms with Crippen LogP contribution in [0, 0.1) is 11.6 Å². The second kappa shape index (κ2) is 7.97. The highest BCUT2D eigenvalue weighted by molar-refractivity contribution is 7.99. The van der Waals surface area contributed by atoms with Crippen molar-refractivity contribution in [1.29, 1.82) is 0 Å². The normalized spacial score (nSPS) is 14.0. The zero-order valence-electron chi connectivity index (χ0n) is 13.7. The van der Waals surface area contributed by atoms with Gasteiger partial charge in [-0.25, -0.2) is 13.8 Å². The molecule has 0 bridgehead atoms. The van der Waals surface area contributed by atoms with Crippen LogP contribution in [0.2, 0.25) is 0 Å². The van der Waals surface area contributed by atoms with Gasteiger partial charge < -0.3 is 4.74 Å². The van der Waals surface area contributed by atoms with Crippen molar-refractivity contribution in [2.24, 2.45) is 0 Å². The van der Waals surface area contributed by atoms with Crippen LogP contribution in [0.25, 0.3) is 0 Å². The van der Waals surface area contributed by atoms with E-state index in [2.05, 4.69) is 11.9 Å². The van der Waals surface area contributed by atoms with Gasteiger partial charge in [-0.05, 0) is 54.7 Å². The van der Waals surface area contributed by atoms with Gasteiger partial charge in [0.05, 0.1) is 0 Å². The van der Waals surface area contributed by atoms with Crippen LogP contribution in [0.5, 0.6) is 5.75 Å². The monoisotopic (exact) mass is 349 g/mol. The predicted octanol–water partition coefficient (Wildman–Crippen LogP) is 5.71. The van der Waals surface area contributed by atoms with Gasteiger partial charge >= 0.3 is 0 Å². The fourth-order valence-electron chi connectivity index (χ4n) is 2.50. The Kier molecular flexibility index (Phi) is 5.72. The number of hydrogen-bond donors (Lipinski definition) is 0. The summed E-state index contributed by atoms with van der Waals surface area (Å²) in [6.07, 6.45) is 5.96. The zero-order chi connectivity index (χ0) is 16.9. The number of rotatable bonds is 8. The van der Waals surface area contributed by atoms with E-state index in [1.165, 1.54) is 12.1 Å². The molecule has 1 saturated carbocycles. The Morgan fingerprint density at radius 3 is 2.67 bits per heavy atom. The van der Waals surface area contributed by atoms with E-state index in [1.54, 1.807) is 18.0 Å². The lowest BCUT2D eigenvalue weighted by Gasteiger charge is -2.12. The standard InChI is InChI=1S/C19H21F2NOS/c1-2-3-9-24-19-14(5-4-8-22-19)12-23-18-16(20)10-15(11-17(18)21)13-6-7-13/h4-5,8,10-11,13H,2-3,6-7,9,12H2,1H3. The molecule has 0 N–H and O–H groups in total. The van der Waals surface area contributed by atoms with E-state index < -0.39 is 11.6 Å². The molecule has 1 aromatic carbocycles. The van der Waals surface area contributed by atoms with E-state index in [1.807, 2.05) is 12.1 Å². The van der Waals surface area contributed by atoms with Gasteiger partial charge in [0.1, 0.15) is 11.6 Å². The molecule has 0 unspecified atom stereocenters. The van der Waals surface area contributed by atoms with Crippen LogP contribution in [0.15, 0.2) is 35.5 Å². The third-order valence-corrected chi connectivity index (χ3v) is 5.16. The number of halogens is 2. The molecule has 1 aliphatic carbocycles. The van der Waals surface area contributed by atoms with Crippen molar-refractivity contribution in [3.63, 3.8) is 0 Å². The number of pyridine rings is 1. The quantitative estimate of drug-likeness (QED) is 0.450. The topological polar surface area (TPSA) is 22.1 Å². The SMILES string of the molecule is CCCCSc1ncccc1COc1c(F)cc(C2CC2)cc1F. The maximum Gasteiger partial charge on any atom is 0.191 e. The molecule has 2 nitrogen and oxygen atoms in total. The molecule has 5 heteroatoms. The zero-order valence-corrected chi connectivity index (χ0v) is 14.5. The molecule has 3 rings (SSSR count). The Morgan fingerprint density at radius 1 is 1.25 bits per heavy atom. The third-order valence-electron chi connectivity index (χ3n) is 4.03. The number of ether oxygens (including phenoxy) is 1. The number of benzene rings is 1. The van der Waals surface area contributed by atoms with E-state index in [4.69, 9.17) is 4.74 Å². The van der Waals surface area contributed by atoms with Gasteiger partial charge in [-0.3, -0.25) is 0 Å². The number of thioether (sulfide) groups is 1. The molecule has 24 heavy (non-hydrogen) atoms. The molecular formula is C19H21F2NOS. The molecule has 1 aromatic heterocycles. The molecule has 0 aliphatic heterocycles. The fraction of sp³-hybridized carbons (Fsp3) is 0.421. The van der Waals surface area contributed by atoms with Gasteiger partial charge in [-0.1, -0.05) is 19.4 Å². The van der Waals surface area contributed by atoms with Crippen molar-refractivity contribution in [3.8, 4) is 5.75 Å². The summed E-state index contributed by atoms with van der Waals surface area (Å²) in [4.78, 5) is 4.35. The Labute approximate surface area is 145 Å². The van der Waals surface area contributed by atoms with Gasteiger partial charge in [-0.15, -0.1) is 11.8 Å². The molecule has 1 aliphatic rings. The first-order chi connectivity index (χ1) is 11.7. The maximum absolute atomic E-state index is 14.2. The summed E-state index contributed by atoms with van der Waals surface area (Å²) in [5, 5.41) is 0.862. The van der Waals surface area contributed by atoms with Crippen molar-refractivity contribution in [3.05, 3.63) is 53.2 Å². The Hall–Kier alpha value is -1.62. The number of unbranched alkanes of at least 4 members (excludes halogenated alkanes) is 1. The summed E-state index contributed by atoms with van der Waals surface area (Å²) in [6, 6.07) is 6.49. The van der Waals surface area contributed by atoms with E-state index in [0.29, 0.717) is 5.92 Å². The van der Waals surface area contributed by atoms with Gasteiger partial charge in [0.15, 0.2) is 17.4 Å². The van der Waals surface area contributed by atoms with Crippen molar-refractivity contribution in [1.82, 2.24) is 4.98 Å². The maximum atomic E-state index is 14.2. The second-order valence-electron chi connectivity index (χ2n) is 6.05. The lowest BCUT2D eigenvalue weighted by molar-refractivity contribution is 0.270. The molecule has 1 fully saturated rings. The molecule has 0 amide bonds. The molecule has 0 radical (unpaired) electrons. The fourth-order valence-corrected chi connectivity index (χ4v) is 3.57. The summed E-state index contributed by atoms with van der Waals surface area (Å²) in [7, 11) is 0. The lowest BCUT2D eigenvalue weighted by Crippen LogP contribution is -2.03. The molecule has 1 heterocycles. The van der Waals surface area contributed by atoms with Gasteiger partial charge in [0, 0.05) is 11.8 Å². The Balaban J connectivity index is 1.69. The van der Waals surface area contributed by atoms with Crippen molar-refractivity contribution in [2.75, 3.05) is 5.75 Å². The number of hydrogen-bond acceptors (Lipinski definition) is 3. The summed E-state index contributed by atoms with van der Waals surface area (Å²) in [5.41, 5.74) is 1.58. The largest absolute Gasteiger partial charge is 0.483 e. The average molecular weight is 349 g/mol. The van der Waals surface area contributed by atoms with Crippen LogP contribution in [-0.4, -0.2) is 10.7 Å². The molecule has 0 saturated heterocycles. The van der Waals surface area contributed by atoms with Crippen LogP contribution in [0.3, 0.4) is 0 Å². The summed E-state index contributed by atoms with van der Waals surface area (Å²) in [5.74, 6) is -0.267. The third kappa shape index (κ3) is 4.26. The molecular weight excluding hydrogens is 328 g/mol. The first kappa shape index (κ1) is 17.2. The minimum Gasteiger partial charge on any atom is -0.483 e. The minimum atomic E-state index is -0.624. The highest BCUT2D eigenvalue weighted by atomic mass is 32.2. The summed E-state index contributed by atoms with van der Waals surface area (Å²) in [6.45, 7) is 2.25. The number of nitrogens with zero attached hydrogens (tertiary/aromatic N) is 1. The van der Waals surface area contributed by atoms with Crippen LogP contribution < -0.4 is 4.74 Å². The predicted molar refractivity (Wildman–Crippen MR) is 92.5 cm³/mol. The van der Waals surface area contributed by atoms with Gasteiger partial charge in [0.2, 0.25) is 0 Å². The van der Waals surface area contributed by atoms with Gasteiger partial charge in [-0.2, -0.15) is 0 Å². The first-order valence-electron chi connectivity index (χ1n) is 8.37. The van der Waals surface area contributed by atoms with Crippen LogP contribution in [-0.2, 0) is 6.61 Å².